The minimum Gasteiger partial charge on any atom is -0.497 e. The molecule has 0 amide bonds. The van der Waals surface area contributed by atoms with Crippen molar-refractivity contribution < 1.29 is 4.74 Å². The van der Waals surface area contributed by atoms with Crippen LogP contribution in [0.25, 0.3) is 0 Å². The van der Waals surface area contributed by atoms with Crippen molar-refractivity contribution >= 4 is 27.5 Å². The highest BCUT2D eigenvalue weighted by molar-refractivity contribution is 9.10. The summed E-state index contributed by atoms with van der Waals surface area (Å²) in [6.45, 7) is 2.90. The van der Waals surface area contributed by atoms with Crippen molar-refractivity contribution in [3.8, 4) is 5.75 Å². The molecule has 0 aliphatic carbocycles. The third-order valence-electron chi connectivity index (χ3n) is 3.22. The molecule has 0 heterocycles. The Bertz CT molecular complexity index is 571. The van der Waals surface area contributed by atoms with Crippen LogP contribution in [0.4, 0.5) is 0 Å². The predicted molar refractivity (Wildman–Crippen MR) is 87.4 cm³/mol. The van der Waals surface area contributed by atoms with Gasteiger partial charge in [0.1, 0.15) is 5.75 Å². The molecule has 0 aromatic heterocycles. The topological polar surface area (TPSA) is 21.3 Å². The van der Waals surface area contributed by atoms with Crippen molar-refractivity contribution in [2.24, 2.45) is 0 Å². The van der Waals surface area contributed by atoms with Crippen LogP contribution in [0.1, 0.15) is 24.1 Å². The molecule has 0 saturated carbocycles. The van der Waals surface area contributed by atoms with Gasteiger partial charge in [-0.15, -0.1) is 0 Å². The lowest BCUT2D eigenvalue weighted by Gasteiger charge is -2.15. The van der Waals surface area contributed by atoms with Crippen LogP contribution in [-0.2, 0) is 6.54 Å². The van der Waals surface area contributed by atoms with Gasteiger partial charge in [0.05, 0.1) is 7.11 Å². The summed E-state index contributed by atoms with van der Waals surface area (Å²) in [6.07, 6.45) is 0. The zero-order valence-electron chi connectivity index (χ0n) is 11.5. The standard InChI is InChI=1S/C16H17BrClNO/c1-11(12-3-6-15(20-2)7-4-12)19-10-13-9-14(18)5-8-16(13)17/h3-9,11,19H,10H2,1-2H3/t11-/m0/s1. The average molecular weight is 355 g/mol. The van der Waals surface area contributed by atoms with Crippen LogP contribution in [-0.4, -0.2) is 7.11 Å². The third kappa shape index (κ3) is 3.98. The van der Waals surface area contributed by atoms with Crippen LogP contribution < -0.4 is 10.1 Å². The number of nitrogens with one attached hydrogen (secondary N) is 1. The number of hydrogen-bond acceptors (Lipinski definition) is 2. The van der Waals surface area contributed by atoms with Gasteiger partial charge in [0.2, 0.25) is 0 Å². The highest BCUT2D eigenvalue weighted by atomic mass is 79.9. The smallest absolute Gasteiger partial charge is 0.118 e. The molecule has 0 fully saturated rings. The minimum absolute atomic E-state index is 0.256. The second-order valence-electron chi connectivity index (χ2n) is 4.61. The van der Waals surface area contributed by atoms with E-state index in [9.17, 15) is 0 Å². The SMILES string of the molecule is COc1ccc([C@H](C)NCc2cc(Cl)ccc2Br)cc1. The Morgan fingerprint density at radius 1 is 1.20 bits per heavy atom. The fraction of sp³-hybridized carbons (Fsp3) is 0.250. The van der Waals surface area contributed by atoms with Crippen LogP contribution in [0.15, 0.2) is 46.9 Å². The van der Waals surface area contributed by atoms with Crippen molar-refractivity contribution in [1.82, 2.24) is 5.32 Å². The molecule has 2 nitrogen and oxygen atoms in total. The molecule has 2 aromatic carbocycles. The lowest BCUT2D eigenvalue weighted by atomic mass is 10.1. The quantitative estimate of drug-likeness (QED) is 0.819. The number of ether oxygens (including phenoxy) is 1. The first-order valence-electron chi connectivity index (χ1n) is 6.41. The highest BCUT2D eigenvalue weighted by Gasteiger charge is 2.07. The van der Waals surface area contributed by atoms with Crippen molar-refractivity contribution in [2.45, 2.75) is 19.5 Å². The lowest BCUT2D eigenvalue weighted by molar-refractivity contribution is 0.414. The van der Waals surface area contributed by atoms with Gasteiger partial charge in [-0.3, -0.25) is 0 Å². The summed E-state index contributed by atoms with van der Waals surface area (Å²) >= 11 is 9.56. The predicted octanol–water partition coefficient (Wildman–Crippen LogP) is 4.96. The van der Waals surface area contributed by atoms with E-state index in [4.69, 9.17) is 16.3 Å². The second-order valence-corrected chi connectivity index (χ2v) is 5.90. The van der Waals surface area contributed by atoms with Crippen LogP contribution in [0.2, 0.25) is 5.02 Å². The van der Waals surface area contributed by atoms with Gasteiger partial charge < -0.3 is 10.1 Å². The van der Waals surface area contributed by atoms with E-state index in [0.717, 1.165) is 27.4 Å². The molecule has 2 rings (SSSR count). The molecule has 0 spiro atoms. The fourth-order valence-electron chi connectivity index (χ4n) is 1.95. The fourth-order valence-corrected chi connectivity index (χ4v) is 2.53. The highest BCUT2D eigenvalue weighted by Crippen LogP contribution is 2.22. The van der Waals surface area contributed by atoms with E-state index in [1.54, 1.807) is 7.11 Å². The Hall–Kier alpha value is -1.03. The first kappa shape index (κ1) is 15.4. The van der Waals surface area contributed by atoms with E-state index in [0.29, 0.717) is 0 Å². The molecule has 2 aromatic rings. The number of hydrogen-bond donors (Lipinski definition) is 1. The first-order chi connectivity index (χ1) is 9.60. The normalized spacial score (nSPS) is 12.2. The molecule has 0 saturated heterocycles. The molecular formula is C16H17BrClNO. The number of benzene rings is 2. The summed E-state index contributed by atoms with van der Waals surface area (Å²) in [5, 5.41) is 4.24. The van der Waals surface area contributed by atoms with Gasteiger partial charge in [-0.1, -0.05) is 39.7 Å². The summed E-state index contributed by atoms with van der Waals surface area (Å²) in [5.41, 5.74) is 2.38. The maximum Gasteiger partial charge on any atom is 0.118 e. The summed E-state index contributed by atoms with van der Waals surface area (Å²) in [4.78, 5) is 0. The van der Waals surface area contributed by atoms with Gasteiger partial charge in [0, 0.05) is 22.1 Å². The van der Waals surface area contributed by atoms with Crippen LogP contribution in [0.3, 0.4) is 0 Å². The molecule has 0 unspecified atom stereocenters. The second kappa shape index (κ2) is 7.11. The van der Waals surface area contributed by atoms with E-state index in [1.165, 1.54) is 5.56 Å². The van der Waals surface area contributed by atoms with E-state index in [2.05, 4.69) is 40.3 Å². The molecule has 0 aliphatic heterocycles. The number of methoxy groups -OCH3 is 1. The third-order valence-corrected chi connectivity index (χ3v) is 4.23. The zero-order chi connectivity index (χ0) is 14.5. The summed E-state index contributed by atoms with van der Waals surface area (Å²) in [7, 11) is 1.67. The zero-order valence-corrected chi connectivity index (χ0v) is 13.8. The van der Waals surface area contributed by atoms with Gasteiger partial charge in [-0.2, -0.15) is 0 Å². The molecule has 1 atom stereocenters. The van der Waals surface area contributed by atoms with Crippen molar-refractivity contribution in [3.63, 3.8) is 0 Å². The Labute approximate surface area is 133 Å². The Balaban J connectivity index is 2.00. The van der Waals surface area contributed by atoms with E-state index >= 15 is 0 Å². The summed E-state index contributed by atoms with van der Waals surface area (Å²) in [6, 6.07) is 14.2. The Morgan fingerprint density at radius 3 is 2.55 bits per heavy atom. The van der Waals surface area contributed by atoms with Gasteiger partial charge in [0.25, 0.3) is 0 Å². The Kier molecular flexibility index (Phi) is 5.46. The van der Waals surface area contributed by atoms with E-state index < -0.39 is 0 Å². The molecule has 20 heavy (non-hydrogen) atoms. The van der Waals surface area contributed by atoms with Crippen molar-refractivity contribution in [2.75, 3.05) is 7.11 Å². The van der Waals surface area contributed by atoms with Crippen LogP contribution >= 0.6 is 27.5 Å². The molecule has 1 N–H and O–H groups in total. The monoisotopic (exact) mass is 353 g/mol. The lowest BCUT2D eigenvalue weighted by Crippen LogP contribution is -2.18. The molecule has 4 heteroatoms. The maximum absolute atomic E-state index is 6.02. The largest absolute Gasteiger partial charge is 0.497 e. The number of rotatable bonds is 5. The molecule has 0 radical (unpaired) electrons. The Morgan fingerprint density at radius 2 is 1.90 bits per heavy atom. The van der Waals surface area contributed by atoms with Gasteiger partial charge in [-0.25, -0.2) is 0 Å². The van der Waals surface area contributed by atoms with E-state index in [-0.39, 0.29) is 6.04 Å². The van der Waals surface area contributed by atoms with Crippen molar-refractivity contribution in [1.29, 1.82) is 0 Å². The molecule has 0 bridgehead atoms. The molecular weight excluding hydrogens is 338 g/mol. The van der Waals surface area contributed by atoms with E-state index in [1.807, 2.05) is 30.3 Å². The van der Waals surface area contributed by atoms with Gasteiger partial charge in [-0.05, 0) is 48.4 Å². The maximum atomic E-state index is 6.02. The van der Waals surface area contributed by atoms with Crippen LogP contribution in [0, 0.1) is 0 Å². The van der Waals surface area contributed by atoms with Gasteiger partial charge >= 0.3 is 0 Å². The molecule has 106 valence electrons. The average Bonchev–Trinajstić information content (AvgIpc) is 2.48. The van der Waals surface area contributed by atoms with Crippen molar-refractivity contribution in [3.05, 3.63) is 63.1 Å². The molecule has 0 aliphatic rings. The minimum atomic E-state index is 0.256. The van der Waals surface area contributed by atoms with Gasteiger partial charge in [0.15, 0.2) is 0 Å². The summed E-state index contributed by atoms with van der Waals surface area (Å²) < 4.78 is 6.23. The summed E-state index contributed by atoms with van der Waals surface area (Å²) in [5.74, 6) is 0.874. The first-order valence-corrected chi connectivity index (χ1v) is 7.58. The van der Waals surface area contributed by atoms with Crippen LogP contribution in [0.5, 0.6) is 5.75 Å². The number of halogens is 2.